The van der Waals surface area contributed by atoms with Gasteiger partial charge in [0.15, 0.2) is 24.6 Å². The van der Waals surface area contributed by atoms with Gasteiger partial charge in [0.1, 0.15) is 18.8 Å². The van der Waals surface area contributed by atoms with Crippen molar-refractivity contribution < 1.29 is 58.2 Å². The van der Waals surface area contributed by atoms with Gasteiger partial charge in [-0.3, -0.25) is 14.4 Å². The summed E-state index contributed by atoms with van der Waals surface area (Å²) in [4.78, 5) is 51.1. The minimum atomic E-state index is -1.89. The number of aliphatic carboxylic acids is 1. The number of rotatable bonds is 54. The number of hydrogen-bond acceptors (Lipinski definition) is 11. The number of carboxylic acid groups (broad SMARTS) is 1. The predicted octanol–water partition coefficient (Wildman–Crippen LogP) is 15.9. The van der Waals surface area contributed by atoms with Gasteiger partial charge in [-0.15, -0.1) is 0 Å². The number of aliphatic hydroxyl groups excluding tert-OH is 2. The minimum absolute atomic E-state index is 0.0708. The monoisotopic (exact) mass is 1040 g/mol. The van der Waals surface area contributed by atoms with Gasteiger partial charge in [-0.2, -0.15) is 0 Å². The average Bonchev–Trinajstić information content (AvgIpc) is 3.37. The van der Waals surface area contributed by atoms with E-state index in [9.17, 15) is 34.5 Å². The van der Waals surface area contributed by atoms with Crippen LogP contribution in [0.25, 0.3) is 0 Å². The van der Waals surface area contributed by atoms with Gasteiger partial charge < -0.3 is 39.0 Å². The van der Waals surface area contributed by atoms with Gasteiger partial charge in [-0.25, -0.2) is 4.79 Å². The highest BCUT2D eigenvalue weighted by molar-refractivity contribution is 5.74. The van der Waals surface area contributed by atoms with Crippen molar-refractivity contribution in [3.8, 4) is 0 Å². The Hall–Kier alpha value is -2.28. The molecule has 6 unspecified atom stereocenters. The van der Waals surface area contributed by atoms with E-state index in [4.69, 9.17) is 23.7 Å². The molecule has 0 saturated carbocycles. The highest BCUT2D eigenvalue weighted by Gasteiger charge is 2.50. The lowest BCUT2D eigenvalue weighted by molar-refractivity contribution is -0.301. The third-order valence-corrected chi connectivity index (χ3v) is 14.7. The van der Waals surface area contributed by atoms with Crippen LogP contribution in [0.2, 0.25) is 0 Å². The summed E-state index contributed by atoms with van der Waals surface area (Å²) in [5.74, 6) is -3.07. The summed E-state index contributed by atoms with van der Waals surface area (Å²) >= 11 is 0. The fourth-order valence-electron chi connectivity index (χ4n) is 9.90. The van der Waals surface area contributed by atoms with Crippen molar-refractivity contribution in [1.29, 1.82) is 0 Å². The van der Waals surface area contributed by atoms with Gasteiger partial charge in [0, 0.05) is 19.3 Å². The van der Waals surface area contributed by atoms with Gasteiger partial charge in [0.05, 0.1) is 6.61 Å². The minimum Gasteiger partial charge on any atom is -0.479 e. The molecule has 0 bridgehead atoms. The Kier molecular flexibility index (Phi) is 47.6. The summed E-state index contributed by atoms with van der Waals surface area (Å²) in [7, 11) is 0. The SMILES string of the molecule is CCCCCCCCCCCCCCCCCC(=O)OCC(COC1OC(C(=O)O)C(O)C(O)C1OC(=O)CCCCCCCCCCCCCCCCC)OC(=O)CCCCCCCCCCCCCCC. The van der Waals surface area contributed by atoms with Crippen LogP contribution in [-0.4, -0.2) is 89.2 Å². The predicted molar refractivity (Wildman–Crippen MR) is 294 cm³/mol. The second-order valence-corrected chi connectivity index (χ2v) is 21.7. The number of esters is 3. The fraction of sp³-hybridized carbons (Fsp3) is 0.934. The molecule has 0 amide bonds. The van der Waals surface area contributed by atoms with Gasteiger partial charge in [0.2, 0.25) is 0 Å². The molecule has 12 heteroatoms. The van der Waals surface area contributed by atoms with E-state index in [-0.39, 0.29) is 25.9 Å². The van der Waals surface area contributed by atoms with Crippen LogP contribution in [0.3, 0.4) is 0 Å². The second kappa shape index (κ2) is 50.5. The van der Waals surface area contributed by atoms with Crippen molar-refractivity contribution in [2.24, 2.45) is 0 Å². The van der Waals surface area contributed by atoms with E-state index in [0.717, 1.165) is 57.8 Å². The topological polar surface area (TPSA) is 175 Å². The molecule has 0 spiro atoms. The summed E-state index contributed by atoms with van der Waals surface area (Å²) in [5.41, 5.74) is 0. The average molecular weight is 1040 g/mol. The number of carbonyl (C=O) groups excluding carboxylic acids is 3. The first kappa shape index (κ1) is 68.7. The summed E-state index contributed by atoms with van der Waals surface area (Å²) in [6, 6.07) is 0. The summed E-state index contributed by atoms with van der Waals surface area (Å²) in [5, 5.41) is 31.5. The zero-order valence-corrected chi connectivity index (χ0v) is 47.4. The molecule has 1 saturated heterocycles. The molecule has 3 N–H and O–H groups in total. The van der Waals surface area contributed by atoms with Crippen LogP contribution in [0.5, 0.6) is 0 Å². The van der Waals surface area contributed by atoms with Crippen LogP contribution < -0.4 is 0 Å². The largest absolute Gasteiger partial charge is 0.479 e. The lowest BCUT2D eigenvalue weighted by Gasteiger charge is -2.40. The summed E-state index contributed by atoms with van der Waals surface area (Å²) in [6.45, 7) is 6.04. The first-order valence-corrected chi connectivity index (χ1v) is 31.0. The molecule has 0 radical (unpaired) electrons. The molecule has 1 fully saturated rings. The van der Waals surface area contributed by atoms with Crippen LogP contribution in [0, 0.1) is 0 Å². The number of aliphatic hydroxyl groups is 2. The molecule has 430 valence electrons. The van der Waals surface area contributed by atoms with E-state index >= 15 is 0 Å². The molecule has 1 aliphatic heterocycles. The maximum atomic E-state index is 13.1. The third-order valence-electron chi connectivity index (χ3n) is 14.7. The van der Waals surface area contributed by atoms with Crippen LogP contribution in [-0.2, 0) is 42.9 Å². The van der Waals surface area contributed by atoms with Crippen molar-refractivity contribution in [3.63, 3.8) is 0 Å². The Morgan fingerprint density at radius 2 is 0.699 bits per heavy atom. The molecule has 1 aliphatic rings. The molecule has 0 aliphatic carbocycles. The van der Waals surface area contributed by atoms with Crippen LogP contribution in [0.4, 0.5) is 0 Å². The normalized spacial score (nSPS) is 18.2. The molecule has 6 atom stereocenters. The second-order valence-electron chi connectivity index (χ2n) is 21.7. The highest BCUT2D eigenvalue weighted by Crippen LogP contribution is 2.27. The quantitative estimate of drug-likeness (QED) is 0.0299. The van der Waals surface area contributed by atoms with Crippen molar-refractivity contribution in [1.82, 2.24) is 0 Å². The summed E-state index contributed by atoms with van der Waals surface area (Å²) in [6.07, 6.45) is 42.1. The van der Waals surface area contributed by atoms with E-state index in [2.05, 4.69) is 20.8 Å². The van der Waals surface area contributed by atoms with Crippen LogP contribution >= 0.6 is 0 Å². The van der Waals surface area contributed by atoms with E-state index in [1.807, 2.05) is 0 Å². The molecule has 0 aromatic heterocycles. The molecule has 1 rings (SSSR count). The van der Waals surface area contributed by atoms with Crippen molar-refractivity contribution in [2.75, 3.05) is 13.2 Å². The fourth-order valence-corrected chi connectivity index (χ4v) is 9.90. The maximum Gasteiger partial charge on any atom is 0.335 e. The molecular weight excluding hydrogens is 925 g/mol. The number of carboxylic acids is 1. The van der Waals surface area contributed by atoms with E-state index in [1.54, 1.807) is 0 Å². The lowest BCUT2D eigenvalue weighted by atomic mass is 9.98. The Balaban J connectivity index is 2.65. The van der Waals surface area contributed by atoms with Crippen LogP contribution in [0.15, 0.2) is 0 Å². The van der Waals surface area contributed by atoms with E-state index in [0.29, 0.717) is 19.3 Å². The first-order valence-electron chi connectivity index (χ1n) is 31.0. The molecule has 1 heterocycles. The van der Waals surface area contributed by atoms with E-state index in [1.165, 1.54) is 199 Å². The smallest absolute Gasteiger partial charge is 0.335 e. The lowest BCUT2D eigenvalue weighted by Crippen LogP contribution is -2.61. The molecule has 0 aromatic carbocycles. The first-order chi connectivity index (χ1) is 35.6. The molecule has 12 nitrogen and oxygen atoms in total. The molecule has 0 aromatic rings. The number of carbonyl (C=O) groups is 4. The third kappa shape index (κ3) is 40.6. The maximum absolute atomic E-state index is 13.1. The Morgan fingerprint density at radius 3 is 1.03 bits per heavy atom. The van der Waals surface area contributed by atoms with Gasteiger partial charge in [0.25, 0.3) is 0 Å². The number of hydrogen-bond donors (Lipinski definition) is 3. The standard InChI is InChI=1S/C61H114O12/c1-4-7-10-13-16-19-22-25-27-30-32-35-38-41-44-47-53(62)69-50-52(71-54(63)48-45-42-39-36-33-29-24-21-18-15-12-9-6-3)51-70-61-59(57(66)56(65)58(73-61)60(67)68)72-55(64)49-46-43-40-37-34-31-28-26-23-20-17-14-11-8-5-2/h52,56-59,61,65-66H,4-51H2,1-3H3,(H,67,68). The van der Waals surface area contributed by atoms with Crippen LogP contribution in [0.1, 0.15) is 316 Å². The molecule has 73 heavy (non-hydrogen) atoms. The Morgan fingerprint density at radius 1 is 0.397 bits per heavy atom. The van der Waals surface area contributed by atoms with E-state index < -0.39 is 67.3 Å². The molecular formula is C61H114O12. The van der Waals surface area contributed by atoms with Crippen molar-refractivity contribution in [3.05, 3.63) is 0 Å². The van der Waals surface area contributed by atoms with Gasteiger partial charge in [-0.05, 0) is 19.3 Å². The summed E-state index contributed by atoms with van der Waals surface area (Å²) < 4.78 is 28.5. The zero-order valence-electron chi connectivity index (χ0n) is 47.4. The zero-order chi connectivity index (χ0) is 53.3. The number of ether oxygens (including phenoxy) is 5. The van der Waals surface area contributed by atoms with Gasteiger partial charge >= 0.3 is 23.9 Å². The van der Waals surface area contributed by atoms with Gasteiger partial charge in [-0.1, -0.05) is 278 Å². The Labute approximate surface area is 446 Å². The van der Waals surface area contributed by atoms with Crippen molar-refractivity contribution in [2.45, 2.75) is 353 Å². The Bertz CT molecular complexity index is 1280. The highest BCUT2D eigenvalue weighted by atomic mass is 16.7. The van der Waals surface area contributed by atoms with Crippen molar-refractivity contribution >= 4 is 23.9 Å². The number of unbranched alkanes of at least 4 members (excludes halogenated alkanes) is 40.